The lowest BCUT2D eigenvalue weighted by Gasteiger charge is -2.05. The molecule has 0 bridgehead atoms. The van der Waals surface area contributed by atoms with Gasteiger partial charge in [0, 0.05) is 36.7 Å². The van der Waals surface area contributed by atoms with Gasteiger partial charge in [0.15, 0.2) is 0 Å². The van der Waals surface area contributed by atoms with Crippen LogP contribution in [0.4, 0.5) is 5.82 Å². The summed E-state index contributed by atoms with van der Waals surface area (Å²) in [4.78, 5) is 4.06. The molecule has 0 saturated heterocycles. The molecule has 1 N–H and O–H groups in total. The molecular weight excluding hydrogens is 262 g/mol. The molecule has 0 aliphatic rings. The summed E-state index contributed by atoms with van der Waals surface area (Å²) >= 11 is 5.74. The van der Waals surface area contributed by atoms with Gasteiger partial charge >= 0.3 is 0 Å². The number of hydrogen-bond acceptors (Lipinski definition) is 3. The quantitative estimate of drug-likeness (QED) is 0.927. The zero-order valence-electron chi connectivity index (χ0n) is 8.96. The van der Waals surface area contributed by atoms with Crippen molar-refractivity contribution in [3.63, 3.8) is 0 Å². The van der Waals surface area contributed by atoms with Crippen LogP contribution in [0.15, 0.2) is 41.7 Å². The highest BCUT2D eigenvalue weighted by atomic mass is 35.5. The van der Waals surface area contributed by atoms with E-state index in [1.54, 1.807) is 23.9 Å². The Morgan fingerprint density at radius 2 is 2.18 bits per heavy atom. The third kappa shape index (κ3) is 2.78. The average Bonchev–Trinajstić information content (AvgIpc) is 2.65. The number of rotatable bonds is 3. The van der Waals surface area contributed by atoms with E-state index in [0.717, 1.165) is 0 Å². The fourth-order valence-corrected chi connectivity index (χ4v) is 2.50. The van der Waals surface area contributed by atoms with Crippen LogP contribution in [-0.4, -0.2) is 18.0 Å². The first kappa shape index (κ1) is 11.9. The van der Waals surface area contributed by atoms with E-state index in [1.807, 2.05) is 0 Å². The summed E-state index contributed by atoms with van der Waals surface area (Å²) in [6, 6.07) is 4.52. The van der Waals surface area contributed by atoms with Crippen molar-refractivity contribution in [3.8, 4) is 0 Å². The van der Waals surface area contributed by atoms with Gasteiger partial charge in [0.05, 0.1) is 0 Å². The van der Waals surface area contributed by atoms with Gasteiger partial charge in [0.1, 0.15) is 10.7 Å². The first-order chi connectivity index (χ1) is 7.97. The molecule has 17 heavy (non-hydrogen) atoms. The molecule has 0 amide bonds. The molecule has 0 atom stereocenters. The van der Waals surface area contributed by atoms with Crippen molar-refractivity contribution in [3.05, 3.63) is 41.8 Å². The van der Waals surface area contributed by atoms with E-state index in [9.17, 15) is 8.42 Å². The predicted molar refractivity (Wildman–Crippen MR) is 65.5 cm³/mol. The molecule has 0 unspecified atom stereocenters. The molecule has 2 aromatic rings. The highest BCUT2D eigenvalue weighted by Crippen LogP contribution is 2.17. The number of anilines is 1. The van der Waals surface area contributed by atoms with E-state index in [1.165, 1.54) is 24.5 Å². The summed E-state index contributed by atoms with van der Waals surface area (Å²) in [7, 11) is -1.85. The standard InChI is InChI=1S/C10H10ClN3O2S/c1-14-5-3-9(7-14)17(15,16)13-10-6-8(11)2-4-12-10/h2-7H,1H3,(H,12,13). The molecule has 0 aliphatic heterocycles. The van der Waals surface area contributed by atoms with Crippen LogP contribution in [0.3, 0.4) is 0 Å². The molecule has 0 fully saturated rings. The first-order valence-electron chi connectivity index (χ1n) is 4.74. The molecule has 2 rings (SSSR count). The fraction of sp³-hybridized carbons (Fsp3) is 0.100. The topological polar surface area (TPSA) is 64.0 Å². The molecule has 0 radical (unpaired) electrons. The van der Waals surface area contributed by atoms with Crippen LogP contribution in [0.2, 0.25) is 5.02 Å². The van der Waals surface area contributed by atoms with Gasteiger partial charge in [-0.25, -0.2) is 13.4 Å². The summed E-state index contributed by atoms with van der Waals surface area (Å²) in [5.41, 5.74) is 0. The molecule has 0 spiro atoms. The summed E-state index contributed by atoms with van der Waals surface area (Å²) in [6.07, 6.45) is 4.60. The third-order valence-corrected chi connectivity index (χ3v) is 3.65. The second-order valence-electron chi connectivity index (χ2n) is 3.48. The largest absolute Gasteiger partial charge is 0.356 e. The minimum Gasteiger partial charge on any atom is -0.356 e. The Labute approximate surface area is 104 Å². The molecule has 5 nitrogen and oxygen atoms in total. The van der Waals surface area contributed by atoms with Crippen LogP contribution in [0.1, 0.15) is 0 Å². The van der Waals surface area contributed by atoms with Crippen molar-refractivity contribution in [1.29, 1.82) is 0 Å². The van der Waals surface area contributed by atoms with Crippen molar-refractivity contribution in [2.24, 2.45) is 7.05 Å². The van der Waals surface area contributed by atoms with Gasteiger partial charge in [0.25, 0.3) is 10.0 Å². The molecule has 90 valence electrons. The molecule has 0 aromatic carbocycles. The van der Waals surface area contributed by atoms with E-state index in [4.69, 9.17) is 11.6 Å². The summed E-state index contributed by atoms with van der Waals surface area (Å²) in [5, 5.41) is 0.422. The van der Waals surface area contributed by atoms with Gasteiger partial charge in [0.2, 0.25) is 0 Å². The number of nitrogens with zero attached hydrogens (tertiary/aromatic N) is 2. The summed E-state index contributed by atoms with van der Waals surface area (Å²) in [6.45, 7) is 0. The first-order valence-corrected chi connectivity index (χ1v) is 6.60. The third-order valence-electron chi connectivity index (χ3n) is 2.08. The monoisotopic (exact) mass is 271 g/mol. The molecule has 0 aliphatic carbocycles. The predicted octanol–water partition coefficient (Wildman–Crippen LogP) is 1.87. The Kier molecular flexibility index (Phi) is 3.08. The molecular formula is C10H10ClN3O2S. The second kappa shape index (κ2) is 4.38. The fourth-order valence-electron chi connectivity index (χ4n) is 1.29. The van der Waals surface area contributed by atoms with E-state index in [-0.39, 0.29) is 10.7 Å². The van der Waals surface area contributed by atoms with Crippen molar-refractivity contribution in [1.82, 2.24) is 9.55 Å². The van der Waals surface area contributed by atoms with Crippen LogP contribution in [0.25, 0.3) is 0 Å². The Morgan fingerprint density at radius 1 is 1.41 bits per heavy atom. The Morgan fingerprint density at radius 3 is 2.76 bits per heavy atom. The van der Waals surface area contributed by atoms with E-state index < -0.39 is 10.0 Å². The Hall–Kier alpha value is -1.53. The van der Waals surface area contributed by atoms with Gasteiger partial charge < -0.3 is 4.57 Å². The highest BCUT2D eigenvalue weighted by molar-refractivity contribution is 7.92. The lowest BCUT2D eigenvalue weighted by Crippen LogP contribution is -2.13. The number of aryl methyl sites for hydroxylation is 1. The normalized spacial score (nSPS) is 11.4. The number of sulfonamides is 1. The smallest absolute Gasteiger partial charge is 0.264 e. The van der Waals surface area contributed by atoms with Crippen molar-refractivity contribution < 1.29 is 8.42 Å². The summed E-state index contributed by atoms with van der Waals surface area (Å²) < 4.78 is 27.8. The lowest BCUT2D eigenvalue weighted by molar-refractivity contribution is 0.601. The molecule has 2 heterocycles. The lowest BCUT2D eigenvalue weighted by atomic mass is 10.5. The number of nitrogens with one attached hydrogen (secondary N) is 1. The summed E-state index contributed by atoms with van der Waals surface area (Å²) in [5.74, 6) is 0.196. The van der Waals surface area contributed by atoms with Gasteiger partial charge in [-0.1, -0.05) is 11.6 Å². The van der Waals surface area contributed by atoms with Crippen molar-refractivity contribution in [2.45, 2.75) is 4.90 Å². The van der Waals surface area contributed by atoms with E-state index >= 15 is 0 Å². The Balaban J connectivity index is 2.29. The van der Waals surface area contributed by atoms with Gasteiger partial charge in [-0.3, -0.25) is 4.72 Å². The van der Waals surface area contributed by atoms with Crippen LogP contribution in [0.5, 0.6) is 0 Å². The zero-order valence-corrected chi connectivity index (χ0v) is 10.5. The van der Waals surface area contributed by atoms with E-state index in [0.29, 0.717) is 5.02 Å². The molecule has 2 aromatic heterocycles. The molecule has 0 saturated carbocycles. The number of aromatic nitrogens is 2. The number of halogens is 1. The van der Waals surface area contributed by atoms with Gasteiger partial charge in [-0.15, -0.1) is 0 Å². The SMILES string of the molecule is Cn1ccc(S(=O)(=O)Nc2cc(Cl)ccn2)c1. The van der Waals surface area contributed by atoms with Crippen molar-refractivity contribution >= 4 is 27.4 Å². The number of pyridine rings is 1. The van der Waals surface area contributed by atoms with Gasteiger partial charge in [-0.2, -0.15) is 0 Å². The zero-order chi connectivity index (χ0) is 12.5. The minimum atomic E-state index is -3.60. The van der Waals surface area contributed by atoms with E-state index in [2.05, 4.69) is 9.71 Å². The van der Waals surface area contributed by atoms with Crippen LogP contribution in [-0.2, 0) is 17.1 Å². The maximum Gasteiger partial charge on any atom is 0.264 e. The van der Waals surface area contributed by atoms with Crippen LogP contribution in [0, 0.1) is 0 Å². The van der Waals surface area contributed by atoms with Crippen LogP contribution < -0.4 is 4.72 Å². The highest BCUT2D eigenvalue weighted by Gasteiger charge is 2.15. The maximum atomic E-state index is 11.9. The average molecular weight is 272 g/mol. The minimum absolute atomic E-state index is 0.182. The van der Waals surface area contributed by atoms with Crippen LogP contribution >= 0.6 is 11.6 Å². The van der Waals surface area contributed by atoms with Gasteiger partial charge in [-0.05, 0) is 12.1 Å². The number of hydrogen-bond donors (Lipinski definition) is 1. The second-order valence-corrected chi connectivity index (χ2v) is 5.60. The van der Waals surface area contributed by atoms with Crippen molar-refractivity contribution in [2.75, 3.05) is 4.72 Å². The Bertz CT molecular complexity index is 637. The molecule has 7 heteroatoms. The maximum absolute atomic E-state index is 11.9.